The van der Waals surface area contributed by atoms with Crippen LogP contribution in [0.5, 0.6) is 0 Å². The van der Waals surface area contributed by atoms with Crippen LogP contribution in [0.25, 0.3) is 0 Å². The Morgan fingerprint density at radius 2 is 1.00 bits per heavy atom. The maximum atomic E-state index is 2.42. The van der Waals surface area contributed by atoms with E-state index in [0.717, 1.165) is 0 Å². The molecular weight excluding hydrogens is 467 g/mol. The third-order valence-electron chi connectivity index (χ3n) is 7.04. The molecule has 29 heavy (non-hydrogen) atoms. The Balaban J connectivity index is 0.00000240. The summed E-state index contributed by atoms with van der Waals surface area (Å²) in [7, 11) is 0. The molecule has 0 amide bonds. The largest absolute Gasteiger partial charge is 0.147 e. The summed E-state index contributed by atoms with van der Waals surface area (Å²) >= 11 is -4.05. The van der Waals surface area contributed by atoms with Crippen LogP contribution in [0.3, 0.4) is 0 Å². The molecule has 0 saturated carbocycles. The van der Waals surface area contributed by atoms with Crippen LogP contribution in [0, 0.1) is 11.8 Å². The van der Waals surface area contributed by atoms with Gasteiger partial charge in [0, 0.05) is 0 Å². The Morgan fingerprint density at radius 1 is 0.655 bits per heavy atom. The van der Waals surface area contributed by atoms with Crippen LogP contribution in [0.4, 0.5) is 0 Å². The van der Waals surface area contributed by atoms with Crippen molar-refractivity contribution in [3.8, 4) is 0 Å². The molecule has 0 nitrogen and oxygen atoms in total. The number of hydrogen-bond donors (Lipinski definition) is 0. The fourth-order valence-corrected chi connectivity index (χ4v) is 35.2. The van der Waals surface area contributed by atoms with Gasteiger partial charge in [0.1, 0.15) is 0 Å². The molecule has 0 saturated heterocycles. The normalized spacial score (nSPS) is 21.7. The van der Waals surface area contributed by atoms with Crippen LogP contribution < -0.4 is 6.54 Å². The first-order valence-corrected chi connectivity index (χ1v) is 21.2. The van der Waals surface area contributed by atoms with Crippen molar-refractivity contribution in [2.75, 3.05) is 0 Å². The standard InChI is InChI=1S/2C7H9.2C6H5.ClH.H2Si.Zr/c2*1-6-3-4-7(2)5-6;2*1-2-4-6-5-3-1;;;/h2*3-4,6H,1-2H3;2*1-5H;1H;1H2;. The number of halogens is 1. The Bertz CT molecular complexity index is 1010. The summed E-state index contributed by atoms with van der Waals surface area (Å²) in [5.41, 5.74) is 2.97. The average molecular weight is 498 g/mol. The van der Waals surface area contributed by atoms with Crippen molar-refractivity contribution in [1.82, 2.24) is 0 Å². The van der Waals surface area contributed by atoms with E-state index in [0.29, 0.717) is 11.8 Å². The van der Waals surface area contributed by atoms with E-state index in [2.05, 4.69) is 120 Å². The summed E-state index contributed by atoms with van der Waals surface area (Å²) in [6.07, 6.45) is 9.58. The van der Waals surface area contributed by atoms with E-state index in [-0.39, 0.29) is 12.4 Å². The first-order chi connectivity index (χ1) is 13.4. The average Bonchev–Trinajstić information content (AvgIpc) is 3.24. The van der Waals surface area contributed by atoms with E-state index in [9.17, 15) is 0 Å². The molecule has 2 aliphatic rings. The van der Waals surface area contributed by atoms with Gasteiger partial charge in [0.2, 0.25) is 0 Å². The summed E-state index contributed by atoms with van der Waals surface area (Å²) in [5, 5.41) is 0. The van der Waals surface area contributed by atoms with E-state index in [1.165, 1.54) is 11.1 Å². The minimum absolute atomic E-state index is 0. The predicted octanol–water partition coefficient (Wildman–Crippen LogP) is 5.26. The minimum atomic E-state index is -4.05. The van der Waals surface area contributed by atoms with Gasteiger partial charge in [-0.25, -0.2) is 0 Å². The number of allylic oxidation sites excluding steroid dienone is 8. The molecule has 2 aliphatic carbocycles. The van der Waals surface area contributed by atoms with Gasteiger partial charge in [-0.15, -0.1) is 12.4 Å². The van der Waals surface area contributed by atoms with E-state index in [1.807, 2.05) is 0 Å². The monoisotopic (exact) mass is 496 g/mol. The molecule has 0 aromatic heterocycles. The van der Waals surface area contributed by atoms with Crippen LogP contribution in [0.15, 0.2) is 103 Å². The number of benzene rings is 2. The van der Waals surface area contributed by atoms with E-state index in [4.69, 9.17) is 0 Å². The quantitative estimate of drug-likeness (QED) is 0.505. The van der Waals surface area contributed by atoms with Crippen molar-refractivity contribution in [3.63, 3.8) is 0 Å². The van der Waals surface area contributed by atoms with Crippen molar-refractivity contribution in [3.05, 3.63) is 103 Å². The Morgan fingerprint density at radius 3 is 1.28 bits per heavy atom. The number of hydrogen-bond acceptors (Lipinski definition) is 0. The fraction of sp³-hybridized carbons (Fsp3) is 0.231. The van der Waals surface area contributed by atoms with Gasteiger partial charge < -0.3 is 0 Å². The maximum absolute atomic E-state index is 4.05. The zero-order valence-electron chi connectivity index (χ0n) is 17.9. The second-order valence-electron chi connectivity index (χ2n) is 8.68. The fourth-order valence-electron chi connectivity index (χ4n) is 6.09. The summed E-state index contributed by atoms with van der Waals surface area (Å²) in [5.74, 6) is 0.966. The molecule has 0 radical (unpaired) electrons. The molecule has 0 spiro atoms. The summed E-state index contributed by atoms with van der Waals surface area (Å²) in [6, 6.07) is 23.0. The predicted molar refractivity (Wildman–Crippen MR) is 130 cm³/mol. The van der Waals surface area contributed by atoms with Crippen LogP contribution in [0.2, 0.25) is 0 Å². The third-order valence-corrected chi connectivity index (χ3v) is 34.3. The Hall–Kier alpha value is -1.21. The van der Waals surface area contributed by atoms with Gasteiger partial charge in [0.25, 0.3) is 0 Å². The van der Waals surface area contributed by atoms with Gasteiger partial charge in [0.05, 0.1) is 0 Å². The molecule has 0 N–H and O–H groups in total. The molecule has 0 aliphatic heterocycles. The molecule has 2 aromatic carbocycles. The van der Waals surface area contributed by atoms with Gasteiger partial charge in [-0.2, -0.15) is 0 Å². The zero-order chi connectivity index (χ0) is 20.0. The molecule has 0 bridgehead atoms. The first-order valence-electron chi connectivity index (χ1n) is 10.3. The maximum Gasteiger partial charge on any atom is -0.147 e. The smallest absolute Gasteiger partial charge is 0.147 e. The van der Waals surface area contributed by atoms with Gasteiger partial charge in [0.15, 0.2) is 0 Å². The first kappa shape index (κ1) is 22.5. The molecule has 4 rings (SSSR count). The molecule has 150 valence electrons. The van der Waals surface area contributed by atoms with E-state index in [1.54, 1.807) is 13.1 Å². The molecule has 0 fully saturated rings. The molecular formula is C26H31ClSiZr. The second kappa shape index (κ2) is 8.14. The van der Waals surface area contributed by atoms with Crippen LogP contribution in [0.1, 0.15) is 27.7 Å². The van der Waals surface area contributed by atoms with E-state index >= 15 is 0 Å². The molecule has 2 unspecified atom stereocenters. The molecule has 0 heterocycles. The molecule has 3 heteroatoms. The van der Waals surface area contributed by atoms with Gasteiger partial charge in [-0.05, 0) is 0 Å². The van der Waals surface area contributed by atoms with Crippen molar-refractivity contribution >= 4 is 25.8 Å². The van der Waals surface area contributed by atoms with Crippen molar-refractivity contribution in [2.45, 2.75) is 27.7 Å². The third kappa shape index (κ3) is 3.11. The Labute approximate surface area is 184 Å². The van der Waals surface area contributed by atoms with Crippen molar-refractivity contribution in [1.29, 1.82) is 0 Å². The van der Waals surface area contributed by atoms with Gasteiger partial charge in [-0.3, -0.25) is 0 Å². The van der Waals surface area contributed by atoms with Gasteiger partial charge in [-0.1, -0.05) is 0 Å². The SMILES string of the molecule is CC1=[C]([Zr](=[SiH2])([C]2=C(C)C=CC2C)([c]2ccccc2)[c]2ccccc2)C(C)C=C1.Cl. The van der Waals surface area contributed by atoms with Crippen LogP contribution >= 0.6 is 12.4 Å². The Kier molecular flexibility index (Phi) is 6.31. The topological polar surface area (TPSA) is 0 Å². The van der Waals surface area contributed by atoms with Crippen LogP contribution in [-0.4, -0.2) is 6.88 Å². The second-order valence-corrected chi connectivity index (χ2v) is 29.7. The minimum Gasteiger partial charge on any atom is -0.147 e. The zero-order valence-corrected chi connectivity index (χ0v) is 22.5. The van der Waals surface area contributed by atoms with Crippen molar-refractivity contribution < 1.29 is 17.4 Å². The van der Waals surface area contributed by atoms with Gasteiger partial charge >= 0.3 is 173 Å². The van der Waals surface area contributed by atoms with E-state index < -0.39 is 17.4 Å². The summed E-state index contributed by atoms with van der Waals surface area (Å²) in [4.78, 5) is 0. The summed E-state index contributed by atoms with van der Waals surface area (Å²) in [6.45, 7) is 11.9. The summed E-state index contributed by atoms with van der Waals surface area (Å²) < 4.78 is 6.59. The molecule has 2 atom stereocenters. The number of rotatable bonds is 4. The molecule has 2 aromatic rings. The van der Waals surface area contributed by atoms with Crippen molar-refractivity contribution in [2.24, 2.45) is 11.8 Å². The van der Waals surface area contributed by atoms with Crippen LogP contribution in [-0.2, 0) is 17.4 Å².